The molecular formula is C21H19NO3S. The molecule has 132 valence electrons. The summed E-state index contributed by atoms with van der Waals surface area (Å²) in [5, 5.41) is 5.28. The zero-order valence-electron chi connectivity index (χ0n) is 14.2. The predicted molar refractivity (Wildman–Crippen MR) is 100 cm³/mol. The SMILES string of the molecule is O=S(=O)(c1ccc2c(c1)OC1CNCCC21)c1ccc2ccccc2c1. The molecule has 0 radical (unpaired) electrons. The van der Waals surface area contributed by atoms with Crippen LogP contribution in [0.2, 0.25) is 0 Å². The van der Waals surface area contributed by atoms with Crippen LogP contribution in [0.5, 0.6) is 5.75 Å². The van der Waals surface area contributed by atoms with Crippen LogP contribution in [-0.4, -0.2) is 27.6 Å². The van der Waals surface area contributed by atoms with Crippen LogP contribution < -0.4 is 10.1 Å². The van der Waals surface area contributed by atoms with E-state index in [9.17, 15) is 8.42 Å². The molecule has 0 aromatic heterocycles. The van der Waals surface area contributed by atoms with Crippen molar-refractivity contribution in [3.63, 3.8) is 0 Å². The molecule has 0 amide bonds. The molecule has 26 heavy (non-hydrogen) atoms. The zero-order valence-corrected chi connectivity index (χ0v) is 15.0. The summed E-state index contributed by atoms with van der Waals surface area (Å²) in [5.74, 6) is 1.08. The highest BCUT2D eigenvalue weighted by atomic mass is 32.2. The largest absolute Gasteiger partial charge is 0.488 e. The molecule has 5 rings (SSSR count). The lowest BCUT2D eigenvalue weighted by atomic mass is 9.90. The second kappa shape index (κ2) is 5.83. The second-order valence-corrected chi connectivity index (χ2v) is 8.92. The van der Waals surface area contributed by atoms with Crippen LogP contribution in [0.3, 0.4) is 0 Å². The van der Waals surface area contributed by atoms with Gasteiger partial charge in [-0.25, -0.2) is 8.42 Å². The van der Waals surface area contributed by atoms with E-state index >= 15 is 0 Å². The Morgan fingerprint density at radius 3 is 2.58 bits per heavy atom. The van der Waals surface area contributed by atoms with Crippen molar-refractivity contribution in [3.05, 3.63) is 66.2 Å². The first-order valence-electron chi connectivity index (χ1n) is 8.88. The fourth-order valence-electron chi connectivity index (χ4n) is 4.03. The number of piperidine rings is 1. The number of benzene rings is 3. The number of nitrogens with one attached hydrogen (secondary N) is 1. The lowest BCUT2D eigenvalue weighted by molar-refractivity contribution is 0.176. The van der Waals surface area contributed by atoms with Crippen molar-refractivity contribution >= 4 is 20.6 Å². The van der Waals surface area contributed by atoms with E-state index < -0.39 is 9.84 Å². The zero-order chi connectivity index (χ0) is 17.7. The van der Waals surface area contributed by atoms with Crippen LogP contribution in [0.4, 0.5) is 0 Å². The van der Waals surface area contributed by atoms with E-state index in [4.69, 9.17) is 4.74 Å². The maximum atomic E-state index is 13.1. The van der Waals surface area contributed by atoms with E-state index in [1.165, 1.54) is 0 Å². The quantitative estimate of drug-likeness (QED) is 0.755. The molecule has 4 nitrogen and oxygen atoms in total. The smallest absolute Gasteiger partial charge is 0.206 e. The minimum absolute atomic E-state index is 0.109. The van der Waals surface area contributed by atoms with Crippen molar-refractivity contribution in [2.45, 2.75) is 28.2 Å². The van der Waals surface area contributed by atoms with Crippen LogP contribution in [-0.2, 0) is 9.84 Å². The number of rotatable bonds is 2. The van der Waals surface area contributed by atoms with E-state index in [1.54, 1.807) is 24.3 Å². The molecule has 2 aliphatic rings. The van der Waals surface area contributed by atoms with Gasteiger partial charge in [-0.2, -0.15) is 0 Å². The summed E-state index contributed by atoms with van der Waals surface area (Å²) in [4.78, 5) is 0.603. The van der Waals surface area contributed by atoms with Crippen molar-refractivity contribution < 1.29 is 13.2 Å². The van der Waals surface area contributed by atoms with Gasteiger partial charge in [0.05, 0.1) is 9.79 Å². The lowest BCUT2D eigenvalue weighted by Gasteiger charge is -2.24. The minimum Gasteiger partial charge on any atom is -0.488 e. The molecule has 3 aromatic carbocycles. The Labute approximate surface area is 152 Å². The Morgan fingerprint density at radius 2 is 1.69 bits per heavy atom. The van der Waals surface area contributed by atoms with Gasteiger partial charge in [0.15, 0.2) is 0 Å². The van der Waals surface area contributed by atoms with Crippen molar-refractivity contribution in [1.82, 2.24) is 5.32 Å². The third-order valence-corrected chi connectivity index (χ3v) is 7.18. The lowest BCUT2D eigenvalue weighted by Crippen LogP contribution is -2.39. The summed E-state index contributed by atoms with van der Waals surface area (Å²) in [7, 11) is -3.58. The molecule has 0 bridgehead atoms. The molecule has 2 aliphatic heterocycles. The standard InChI is InChI=1S/C21H19NO3S/c23-26(24,16-6-5-14-3-1-2-4-15(14)11-16)17-7-8-18-19-9-10-22-13-21(19)25-20(18)12-17/h1-8,11-12,19,21-22H,9-10,13H2. The topological polar surface area (TPSA) is 55.4 Å². The maximum absolute atomic E-state index is 13.1. The molecule has 3 aromatic rings. The van der Waals surface area contributed by atoms with Crippen LogP contribution in [0.1, 0.15) is 17.9 Å². The van der Waals surface area contributed by atoms with Gasteiger partial charge in [-0.15, -0.1) is 0 Å². The first kappa shape index (κ1) is 15.9. The Morgan fingerprint density at radius 1 is 0.923 bits per heavy atom. The van der Waals surface area contributed by atoms with Crippen molar-refractivity contribution in [1.29, 1.82) is 0 Å². The molecule has 0 saturated carbocycles. The summed E-state index contributed by atoms with van der Waals surface area (Å²) in [5.41, 5.74) is 1.13. The molecule has 1 saturated heterocycles. The average molecular weight is 365 g/mol. The van der Waals surface area contributed by atoms with Gasteiger partial charge in [-0.05, 0) is 48.0 Å². The third kappa shape index (κ3) is 2.42. The van der Waals surface area contributed by atoms with Gasteiger partial charge < -0.3 is 10.1 Å². The number of fused-ring (bicyclic) bond motifs is 4. The van der Waals surface area contributed by atoms with E-state index in [-0.39, 0.29) is 11.0 Å². The molecule has 2 heterocycles. The molecule has 0 aliphatic carbocycles. The first-order chi connectivity index (χ1) is 12.6. The van der Waals surface area contributed by atoms with Crippen LogP contribution in [0, 0.1) is 0 Å². The molecule has 5 heteroatoms. The molecular weight excluding hydrogens is 346 g/mol. The minimum atomic E-state index is -3.58. The van der Waals surface area contributed by atoms with Gasteiger partial charge in [0.25, 0.3) is 0 Å². The van der Waals surface area contributed by atoms with E-state index in [1.807, 2.05) is 36.4 Å². The maximum Gasteiger partial charge on any atom is 0.206 e. The van der Waals surface area contributed by atoms with Gasteiger partial charge in [0.1, 0.15) is 11.9 Å². The number of hydrogen-bond donors (Lipinski definition) is 1. The monoisotopic (exact) mass is 365 g/mol. The first-order valence-corrected chi connectivity index (χ1v) is 10.4. The number of ether oxygens (including phenoxy) is 1. The van der Waals surface area contributed by atoms with Crippen LogP contribution >= 0.6 is 0 Å². The third-order valence-electron chi connectivity index (χ3n) is 5.43. The Hall–Kier alpha value is -2.37. The molecule has 2 unspecified atom stereocenters. The molecule has 0 spiro atoms. The summed E-state index contributed by atoms with van der Waals surface area (Å²) in [6, 6.07) is 18.4. The number of sulfone groups is 1. The van der Waals surface area contributed by atoms with Crippen molar-refractivity contribution in [2.75, 3.05) is 13.1 Å². The second-order valence-electron chi connectivity index (χ2n) is 6.97. The Bertz CT molecular complexity index is 1110. The van der Waals surface area contributed by atoms with E-state index in [2.05, 4.69) is 5.32 Å². The van der Waals surface area contributed by atoms with E-state index in [0.717, 1.165) is 35.8 Å². The van der Waals surface area contributed by atoms with Gasteiger partial charge in [-0.3, -0.25) is 0 Å². The van der Waals surface area contributed by atoms with Gasteiger partial charge >= 0.3 is 0 Å². The highest BCUT2D eigenvalue weighted by Crippen LogP contribution is 2.42. The fraction of sp³-hybridized carbons (Fsp3) is 0.238. The summed E-state index contributed by atoms with van der Waals surface area (Å²) in [6.45, 7) is 1.78. The number of hydrogen-bond acceptors (Lipinski definition) is 4. The van der Waals surface area contributed by atoms with Gasteiger partial charge in [-0.1, -0.05) is 36.4 Å². The summed E-state index contributed by atoms with van der Waals surface area (Å²) >= 11 is 0. The highest BCUT2D eigenvalue weighted by Gasteiger charge is 2.36. The summed E-state index contributed by atoms with van der Waals surface area (Å²) in [6.07, 6.45) is 1.13. The van der Waals surface area contributed by atoms with E-state index in [0.29, 0.717) is 16.6 Å². The molecule has 1 fully saturated rings. The molecule has 1 N–H and O–H groups in total. The summed E-state index contributed by atoms with van der Waals surface area (Å²) < 4.78 is 32.3. The van der Waals surface area contributed by atoms with Crippen LogP contribution in [0.15, 0.2) is 70.5 Å². The Balaban J connectivity index is 1.56. The fourth-order valence-corrected chi connectivity index (χ4v) is 5.34. The van der Waals surface area contributed by atoms with Gasteiger partial charge in [0.2, 0.25) is 9.84 Å². The average Bonchev–Trinajstić information content (AvgIpc) is 3.05. The van der Waals surface area contributed by atoms with Crippen LogP contribution in [0.25, 0.3) is 10.8 Å². The predicted octanol–water partition coefficient (Wildman–Crippen LogP) is 3.51. The molecule has 2 atom stereocenters. The normalized spacial score (nSPS) is 21.8. The van der Waals surface area contributed by atoms with Gasteiger partial charge in [0, 0.05) is 18.0 Å². The van der Waals surface area contributed by atoms with Crippen molar-refractivity contribution in [2.24, 2.45) is 0 Å². The highest BCUT2D eigenvalue weighted by molar-refractivity contribution is 7.91. The van der Waals surface area contributed by atoms with Crippen molar-refractivity contribution in [3.8, 4) is 5.75 Å². The Kier molecular flexibility index (Phi) is 3.55.